The van der Waals surface area contributed by atoms with Crippen LogP contribution in [0.1, 0.15) is 27.6 Å². The van der Waals surface area contributed by atoms with Gasteiger partial charge in [-0.3, -0.25) is 9.36 Å². The summed E-state index contributed by atoms with van der Waals surface area (Å²) in [5.74, 6) is 1.28. The molecule has 0 amide bonds. The van der Waals surface area contributed by atoms with Gasteiger partial charge < -0.3 is 0 Å². The Hall–Kier alpha value is -1.44. The van der Waals surface area contributed by atoms with Crippen LogP contribution in [0.5, 0.6) is 0 Å². The van der Waals surface area contributed by atoms with Gasteiger partial charge in [0.05, 0.1) is 15.1 Å². The molecule has 0 aliphatic heterocycles. The van der Waals surface area contributed by atoms with E-state index in [1.807, 2.05) is 11.5 Å². The van der Waals surface area contributed by atoms with Gasteiger partial charge in [0.25, 0.3) is 0 Å². The fraction of sp³-hybridized carbons (Fsp3) is 0.118. The highest BCUT2D eigenvalue weighted by Crippen LogP contribution is 2.27. The molecular weight excluding hydrogens is 460 g/mol. The number of alkyl halides is 1. The number of carbonyl (C=O) groups excluding carboxylic acids is 1. The molecule has 1 heterocycles. The molecule has 0 aliphatic carbocycles. The summed E-state index contributed by atoms with van der Waals surface area (Å²) in [4.78, 5) is 13.0. The predicted octanol–water partition coefficient (Wildman–Crippen LogP) is 5.05. The van der Waals surface area contributed by atoms with Crippen LogP contribution in [-0.4, -0.2) is 20.5 Å². The highest BCUT2D eigenvalue weighted by Gasteiger charge is 2.20. The lowest BCUT2D eigenvalue weighted by atomic mass is 10.0. The van der Waals surface area contributed by atoms with Gasteiger partial charge >= 0.3 is 0 Å². The Morgan fingerprint density at radius 1 is 1.12 bits per heavy atom. The molecular formula is C17H12Cl2IN3O. The number of rotatable bonds is 4. The minimum Gasteiger partial charge on any atom is -0.288 e. The lowest BCUT2D eigenvalue weighted by Crippen LogP contribution is -2.11. The van der Waals surface area contributed by atoms with Crippen LogP contribution in [-0.2, 0) is 4.43 Å². The van der Waals surface area contributed by atoms with Crippen molar-refractivity contribution >= 4 is 51.6 Å². The fourth-order valence-corrected chi connectivity index (χ4v) is 3.37. The third-order valence-electron chi connectivity index (χ3n) is 3.57. The second-order valence-electron chi connectivity index (χ2n) is 5.10. The molecule has 0 N–H and O–H groups in total. The van der Waals surface area contributed by atoms with E-state index < -0.39 is 0 Å². The van der Waals surface area contributed by atoms with Crippen LogP contribution in [0.15, 0.2) is 42.5 Å². The van der Waals surface area contributed by atoms with Gasteiger partial charge in [0, 0.05) is 16.1 Å². The third kappa shape index (κ3) is 3.20. The number of aromatic nitrogens is 3. The molecule has 0 saturated heterocycles. The largest absolute Gasteiger partial charge is 0.288 e. The summed E-state index contributed by atoms with van der Waals surface area (Å²) in [6.07, 6.45) is 0. The highest BCUT2D eigenvalue weighted by molar-refractivity contribution is 14.1. The Morgan fingerprint density at radius 2 is 1.88 bits per heavy atom. The number of halogens is 3. The predicted molar refractivity (Wildman–Crippen MR) is 104 cm³/mol. The average Bonchev–Trinajstić information content (AvgIpc) is 2.95. The lowest BCUT2D eigenvalue weighted by Gasteiger charge is -2.13. The van der Waals surface area contributed by atoms with E-state index in [4.69, 9.17) is 23.2 Å². The number of nitrogens with zero attached hydrogens (tertiary/aromatic N) is 3. The molecule has 0 atom stereocenters. The molecule has 3 rings (SSSR count). The van der Waals surface area contributed by atoms with Gasteiger partial charge in [0.15, 0.2) is 5.78 Å². The van der Waals surface area contributed by atoms with E-state index in [1.165, 1.54) is 0 Å². The van der Waals surface area contributed by atoms with Gasteiger partial charge in [0.1, 0.15) is 11.6 Å². The van der Waals surface area contributed by atoms with E-state index in [2.05, 4.69) is 32.8 Å². The lowest BCUT2D eigenvalue weighted by molar-refractivity contribution is 0.103. The summed E-state index contributed by atoms with van der Waals surface area (Å²) in [5.41, 5.74) is 1.59. The fourth-order valence-electron chi connectivity index (χ4n) is 2.48. The highest BCUT2D eigenvalue weighted by atomic mass is 127. The monoisotopic (exact) mass is 471 g/mol. The minimum absolute atomic E-state index is 0.189. The third-order valence-corrected chi connectivity index (χ3v) is 4.82. The zero-order valence-corrected chi connectivity index (χ0v) is 16.3. The molecule has 0 saturated carbocycles. The zero-order valence-electron chi connectivity index (χ0n) is 12.6. The number of benzene rings is 2. The van der Waals surface area contributed by atoms with Gasteiger partial charge in [-0.15, -0.1) is 10.2 Å². The molecule has 24 heavy (non-hydrogen) atoms. The van der Waals surface area contributed by atoms with Crippen LogP contribution < -0.4 is 0 Å². The number of hydrogen-bond donors (Lipinski definition) is 0. The molecule has 0 bridgehead atoms. The van der Waals surface area contributed by atoms with Gasteiger partial charge in [0.2, 0.25) is 0 Å². The van der Waals surface area contributed by atoms with Crippen molar-refractivity contribution in [3.8, 4) is 5.69 Å². The molecule has 0 fully saturated rings. The second kappa shape index (κ2) is 7.21. The Morgan fingerprint density at radius 3 is 2.58 bits per heavy atom. The minimum atomic E-state index is -0.189. The number of ketones is 1. The first-order valence-electron chi connectivity index (χ1n) is 7.09. The summed E-state index contributed by atoms with van der Waals surface area (Å²) in [5, 5.41) is 9.16. The summed E-state index contributed by atoms with van der Waals surface area (Å²) < 4.78 is 2.54. The molecule has 0 spiro atoms. The maximum atomic E-state index is 13.0. The number of aryl methyl sites for hydroxylation is 1. The van der Waals surface area contributed by atoms with Gasteiger partial charge in [-0.25, -0.2) is 0 Å². The number of hydrogen-bond acceptors (Lipinski definition) is 3. The average molecular weight is 472 g/mol. The van der Waals surface area contributed by atoms with Crippen molar-refractivity contribution in [1.29, 1.82) is 0 Å². The standard InChI is InChI=1S/C17H12Cl2IN3O/c1-10-21-22-16(9-20)23(10)15-7-6-11(18)8-13(15)17(24)12-4-2-3-5-14(12)19/h2-8H,9H2,1H3. The second-order valence-corrected chi connectivity index (χ2v) is 6.71. The van der Waals surface area contributed by atoms with Crippen molar-refractivity contribution in [3.05, 3.63) is 75.3 Å². The van der Waals surface area contributed by atoms with Crippen molar-refractivity contribution in [3.63, 3.8) is 0 Å². The topological polar surface area (TPSA) is 47.8 Å². The van der Waals surface area contributed by atoms with Gasteiger partial charge in [-0.05, 0) is 37.3 Å². The van der Waals surface area contributed by atoms with Gasteiger partial charge in [-0.2, -0.15) is 0 Å². The van der Waals surface area contributed by atoms with Crippen LogP contribution >= 0.6 is 45.8 Å². The van der Waals surface area contributed by atoms with Crippen LogP contribution in [0.4, 0.5) is 0 Å². The van der Waals surface area contributed by atoms with Crippen molar-refractivity contribution in [2.24, 2.45) is 0 Å². The Bertz CT molecular complexity index is 924. The molecule has 2 aromatic carbocycles. The maximum absolute atomic E-state index is 13.0. The summed E-state index contributed by atoms with van der Waals surface area (Å²) in [6, 6.07) is 12.2. The van der Waals surface area contributed by atoms with Crippen LogP contribution in [0, 0.1) is 6.92 Å². The Labute approximate surface area is 162 Å². The summed E-state index contributed by atoms with van der Waals surface area (Å²) in [7, 11) is 0. The normalized spacial score (nSPS) is 10.8. The molecule has 1 aromatic heterocycles. The first-order valence-corrected chi connectivity index (χ1v) is 9.37. The van der Waals surface area contributed by atoms with E-state index in [0.717, 1.165) is 5.82 Å². The Balaban J connectivity index is 2.22. The van der Waals surface area contributed by atoms with Crippen molar-refractivity contribution in [2.45, 2.75) is 11.4 Å². The molecule has 122 valence electrons. The molecule has 0 unspecified atom stereocenters. The molecule has 0 aliphatic rings. The van der Waals surface area contributed by atoms with E-state index in [-0.39, 0.29) is 5.78 Å². The molecule has 4 nitrogen and oxygen atoms in total. The SMILES string of the molecule is Cc1nnc(CI)n1-c1ccc(Cl)cc1C(=O)c1ccccc1Cl. The maximum Gasteiger partial charge on any atom is 0.196 e. The van der Waals surface area contributed by atoms with Crippen molar-refractivity contribution < 1.29 is 4.79 Å². The smallest absolute Gasteiger partial charge is 0.196 e. The first kappa shape index (κ1) is 17.4. The van der Waals surface area contributed by atoms with E-state index in [9.17, 15) is 4.79 Å². The van der Waals surface area contributed by atoms with Crippen LogP contribution in [0.25, 0.3) is 5.69 Å². The zero-order chi connectivity index (χ0) is 17.3. The van der Waals surface area contributed by atoms with E-state index in [0.29, 0.717) is 37.1 Å². The van der Waals surface area contributed by atoms with E-state index >= 15 is 0 Å². The Kier molecular flexibility index (Phi) is 5.22. The van der Waals surface area contributed by atoms with Crippen LogP contribution in [0.3, 0.4) is 0 Å². The first-order chi connectivity index (χ1) is 11.5. The molecule has 0 radical (unpaired) electrons. The van der Waals surface area contributed by atoms with Gasteiger partial charge in [-0.1, -0.05) is 57.9 Å². The quantitative estimate of drug-likeness (QED) is 0.304. The van der Waals surface area contributed by atoms with Crippen molar-refractivity contribution in [2.75, 3.05) is 0 Å². The molecule has 3 aromatic rings. The van der Waals surface area contributed by atoms with Crippen molar-refractivity contribution in [1.82, 2.24) is 14.8 Å². The summed E-state index contributed by atoms with van der Waals surface area (Å²) >= 11 is 14.5. The van der Waals surface area contributed by atoms with E-state index in [1.54, 1.807) is 42.5 Å². The number of carbonyl (C=O) groups is 1. The summed E-state index contributed by atoms with van der Waals surface area (Å²) in [6.45, 7) is 1.85. The molecule has 7 heteroatoms. The van der Waals surface area contributed by atoms with Crippen LogP contribution in [0.2, 0.25) is 10.0 Å².